The maximum absolute atomic E-state index is 13.1. The molecule has 2 rings (SSSR count). The predicted octanol–water partition coefficient (Wildman–Crippen LogP) is 2.86. The SMILES string of the molecule is CCNc1ccncc1S(=O)(=O)N1CCCCCC1CC. The summed E-state index contributed by atoms with van der Waals surface area (Å²) in [7, 11) is -3.49. The number of aromatic nitrogens is 1. The van der Waals surface area contributed by atoms with Crippen molar-refractivity contribution in [2.24, 2.45) is 0 Å². The molecule has 0 aliphatic carbocycles. The van der Waals surface area contributed by atoms with Crippen molar-refractivity contribution in [3.63, 3.8) is 0 Å². The average molecular weight is 311 g/mol. The van der Waals surface area contributed by atoms with Crippen molar-refractivity contribution < 1.29 is 8.42 Å². The molecule has 0 aromatic carbocycles. The molecule has 1 aromatic rings. The largest absolute Gasteiger partial charge is 0.384 e. The number of pyridine rings is 1. The van der Waals surface area contributed by atoms with Crippen molar-refractivity contribution >= 4 is 15.7 Å². The van der Waals surface area contributed by atoms with Gasteiger partial charge in [-0.25, -0.2) is 8.42 Å². The van der Waals surface area contributed by atoms with Crippen molar-refractivity contribution in [2.45, 2.75) is 56.9 Å². The first kappa shape index (κ1) is 16.2. The fraction of sp³-hybridized carbons (Fsp3) is 0.667. The van der Waals surface area contributed by atoms with Gasteiger partial charge in [-0.15, -0.1) is 0 Å². The predicted molar refractivity (Wildman–Crippen MR) is 84.8 cm³/mol. The number of nitrogens with zero attached hydrogens (tertiary/aromatic N) is 2. The molecule has 1 unspecified atom stereocenters. The highest BCUT2D eigenvalue weighted by Crippen LogP contribution is 2.29. The second-order valence-electron chi connectivity index (χ2n) is 5.43. The maximum Gasteiger partial charge on any atom is 0.246 e. The first-order valence-electron chi connectivity index (χ1n) is 7.81. The van der Waals surface area contributed by atoms with E-state index in [2.05, 4.69) is 17.2 Å². The van der Waals surface area contributed by atoms with Crippen molar-refractivity contribution in [1.82, 2.24) is 9.29 Å². The zero-order valence-corrected chi connectivity index (χ0v) is 13.7. The van der Waals surface area contributed by atoms with E-state index in [1.165, 1.54) is 6.20 Å². The molecule has 1 aliphatic rings. The lowest BCUT2D eigenvalue weighted by atomic mass is 10.1. The minimum absolute atomic E-state index is 0.104. The molecular weight excluding hydrogens is 286 g/mol. The Kier molecular flexibility index (Phi) is 5.58. The molecule has 1 atom stereocenters. The molecule has 6 heteroatoms. The molecule has 1 aromatic heterocycles. The summed E-state index contributed by atoms with van der Waals surface area (Å²) in [6.45, 7) is 5.32. The molecule has 1 saturated heterocycles. The van der Waals surface area contributed by atoms with Gasteiger partial charge in [-0.05, 0) is 32.3 Å². The molecular formula is C15H25N3O2S. The molecule has 118 valence electrons. The van der Waals surface area contributed by atoms with E-state index in [0.717, 1.165) is 32.1 Å². The third kappa shape index (κ3) is 3.55. The Hall–Kier alpha value is -1.14. The number of hydrogen-bond acceptors (Lipinski definition) is 4. The Morgan fingerprint density at radius 1 is 1.33 bits per heavy atom. The first-order chi connectivity index (χ1) is 10.1. The van der Waals surface area contributed by atoms with Gasteiger partial charge >= 0.3 is 0 Å². The third-order valence-electron chi connectivity index (χ3n) is 4.03. The molecule has 1 aliphatic heterocycles. The van der Waals surface area contributed by atoms with E-state index in [0.29, 0.717) is 23.7 Å². The van der Waals surface area contributed by atoms with Gasteiger partial charge in [-0.2, -0.15) is 4.31 Å². The zero-order valence-electron chi connectivity index (χ0n) is 12.9. The van der Waals surface area contributed by atoms with Crippen LogP contribution in [-0.2, 0) is 10.0 Å². The summed E-state index contributed by atoms with van der Waals surface area (Å²) >= 11 is 0. The van der Waals surface area contributed by atoms with Crippen LogP contribution in [-0.4, -0.2) is 36.8 Å². The third-order valence-corrected chi connectivity index (χ3v) is 6.01. The number of hydrogen-bond donors (Lipinski definition) is 1. The van der Waals surface area contributed by atoms with Gasteiger partial charge in [0.1, 0.15) is 4.90 Å². The van der Waals surface area contributed by atoms with E-state index in [1.807, 2.05) is 6.92 Å². The highest BCUT2D eigenvalue weighted by molar-refractivity contribution is 7.89. The van der Waals surface area contributed by atoms with Crippen LogP contribution in [0.25, 0.3) is 0 Å². The number of nitrogens with one attached hydrogen (secondary N) is 1. The van der Waals surface area contributed by atoms with Gasteiger partial charge in [0, 0.05) is 31.5 Å². The van der Waals surface area contributed by atoms with Gasteiger partial charge in [0.25, 0.3) is 0 Å². The first-order valence-corrected chi connectivity index (χ1v) is 9.25. The van der Waals surface area contributed by atoms with Crippen LogP contribution in [0.4, 0.5) is 5.69 Å². The number of rotatable bonds is 5. The molecule has 0 radical (unpaired) electrons. The van der Waals surface area contributed by atoms with Crippen molar-refractivity contribution in [1.29, 1.82) is 0 Å². The summed E-state index contributed by atoms with van der Waals surface area (Å²) in [6.07, 6.45) is 8.05. The summed E-state index contributed by atoms with van der Waals surface area (Å²) in [5.74, 6) is 0. The smallest absolute Gasteiger partial charge is 0.246 e. The Bertz CT molecular complexity index is 560. The second kappa shape index (κ2) is 7.22. The summed E-state index contributed by atoms with van der Waals surface area (Å²) in [5, 5.41) is 3.12. The van der Waals surface area contributed by atoms with Crippen molar-refractivity contribution in [3.05, 3.63) is 18.5 Å². The molecule has 21 heavy (non-hydrogen) atoms. The molecule has 2 heterocycles. The topological polar surface area (TPSA) is 62.3 Å². The van der Waals surface area contributed by atoms with Crippen LogP contribution in [0.1, 0.15) is 46.0 Å². The van der Waals surface area contributed by atoms with Crippen LogP contribution in [0.15, 0.2) is 23.4 Å². The standard InChI is InChI=1S/C15H25N3O2S/c1-3-13-8-6-5-7-11-18(13)21(19,20)15-12-16-10-9-14(15)17-4-2/h9-10,12-13H,3-8,11H2,1-2H3,(H,16,17). The normalized spacial score (nSPS) is 21.0. The van der Waals surface area contributed by atoms with Crippen LogP contribution in [0, 0.1) is 0 Å². The van der Waals surface area contributed by atoms with Crippen molar-refractivity contribution in [2.75, 3.05) is 18.4 Å². The van der Waals surface area contributed by atoms with E-state index < -0.39 is 10.0 Å². The van der Waals surface area contributed by atoms with E-state index in [1.54, 1.807) is 16.6 Å². The quantitative estimate of drug-likeness (QED) is 0.908. The lowest BCUT2D eigenvalue weighted by Crippen LogP contribution is -2.39. The monoisotopic (exact) mass is 311 g/mol. The summed E-state index contributed by atoms with van der Waals surface area (Å²) < 4.78 is 27.8. The molecule has 0 spiro atoms. The lowest BCUT2D eigenvalue weighted by Gasteiger charge is -2.29. The van der Waals surface area contributed by atoms with Crippen LogP contribution in [0.5, 0.6) is 0 Å². The molecule has 0 amide bonds. The summed E-state index contributed by atoms with van der Waals surface area (Å²) in [4.78, 5) is 4.32. The fourth-order valence-electron chi connectivity index (χ4n) is 2.92. The molecule has 1 N–H and O–H groups in total. The van der Waals surface area contributed by atoms with E-state index in [4.69, 9.17) is 0 Å². The highest BCUT2D eigenvalue weighted by atomic mass is 32.2. The number of anilines is 1. The lowest BCUT2D eigenvalue weighted by molar-refractivity contribution is 0.315. The van der Waals surface area contributed by atoms with Gasteiger partial charge in [0.05, 0.1) is 5.69 Å². The average Bonchev–Trinajstić information content (AvgIpc) is 2.73. The van der Waals surface area contributed by atoms with E-state index in [-0.39, 0.29) is 6.04 Å². The molecule has 5 nitrogen and oxygen atoms in total. The minimum atomic E-state index is -3.49. The van der Waals surface area contributed by atoms with Crippen LogP contribution < -0.4 is 5.32 Å². The Morgan fingerprint density at radius 2 is 2.14 bits per heavy atom. The Labute approximate surface area is 127 Å². The summed E-state index contributed by atoms with van der Waals surface area (Å²) in [5.41, 5.74) is 0.645. The zero-order chi connectivity index (χ0) is 15.3. The Balaban J connectivity index is 2.40. The molecule has 1 fully saturated rings. The molecule has 0 bridgehead atoms. The second-order valence-corrected chi connectivity index (χ2v) is 7.29. The van der Waals surface area contributed by atoms with Gasteiger partial charge in [-0.3, -0.25) is 4.98 Å². The van der Waals surface area contributed by atoms with E-state index in [9.17, 15) is 8.42 Å². The Morgan fingerprint density at radius 3 is 2.86 bits per heavy atom. The van der Waals surface area contributed by atoms with Gasteiger partial charge in [-0.1, -0.05) is 19.8 Å². The maximum atomic E-state index is 13.1. The minimum Gasteiger partial charge on any atom is -0.384 e. The van der Waals surface area contributed by atoms with E-state index >= 15 is 0 Å². The fourth-order valence-corrected chi connectivity index (χ4v) is 4.80. The van der Waals surface area contributed by atoms with Gasteiger partial charge in [0.2, 0.25) is 10.0 Å². The van der Waals surface area contributed by atoms with Gasteiger partial charge in [0.15, 0.2) is 0 Å². The van der Waals surface area contributed by atoms with Crippen LogP contribution in [0.3, 0.4) is 0 Å². The van der Waals surface area contributed by atoms with Crippen molar-refractivity contribution in [3.8, 4) is 0 Å². The number of sulfonamides is 1. The van der Waals surface area contributed by atoms with Crippen LogP contribution >= 0.6 is 0 Å². The highest BCUT2D eigenvalue weighted by Gasteiger charge is 2.33. The van der Waals surface area contributed by atoms with Gasteiger partial charge < -0.3 is 5.32 Å². The summed E-state index contributed by atoms with van der Waals surface area (Å²) in [6, 6.07) is 1.84. The van der Waals surface area contributed by atoms with Crippen LogP contribution in [0.2, 0.25) is 0 Å². The molecule has 0 saturated carbocycles.